The van der Waals surface area contributed by atoms with E-state index in [0.717, 1.165) is 0 Å². The van der Waals surface area contributed by atoms with Crippen LogP contribution in [0.15, 0.2) is 48.5 Å². The van der Waals surface area contributed by atoms with Crippen molar-refractivity contribution in [2.75, 3.05) is 25.6 Å². The average molecular weight is 384 g/mol. The zero-order chi connectivity index (χ0) is 20.5. The van der Waals surface area contributed by atoms with Gasteiger partial charge in [-0.1, -0.05) is 24.3 Å². The van der Waals surface area contributed by atoms with Crippen LogP contribution in [-0.2, 0) is 14.3 Å². The van der Waals surface area contributed by atoms with Gasteiger partial charge in [-0.25, -0.2) is 0 Å². The molecule has 28 heavy (non-hydrogen) atoms. The number of carbonyl (C=O) groups excluding carboxylic acids is 4. The lowest BCUT2D eigenvalue weighted by Crippen LogP contribution is -2.32. The first-order chi connectivity index (χ1) is 13.4. The van der Waals surface area contributed by atoms with Gasteiger partial charge in [0.05, 0.1) is 18.4 Å². The number of hydrogen-bond acceptors (Lipinski definition) is 6. The summed E-state index contributed by atoms with van der Waals surface area (Å²) in [4.78, 5) is 47.3. The lowest BCUT2D eigenvalue weighted by atomic mass is 10.1. The van der Waals surface area contributed by atoms with Gasteiger partial charge in [-0.15, -0.1) is 0 Å². The molecule has 0 radical (unpaired) electrons. The number of esters is 1. The van der Waals surface area contributed by atoms with Crippen molar-refractivity contribution in [3.63, 3.8) is 0 Å². The molecule has 8 nitrogen and oxygen atoms in total. The fraction of sp³-hybridized carbons (Fsp3) is 0.200. The predicted molar refractivity (Wildman–Crippen MR) is 101 cm³/mol. The topological polar surface area (TPSA) is 111 Å². The molecule has 0 aliphatic carbocycles. The molecule has 0 aliphatic heterocycles. The van der Waals surface area contributed by atoms with Crippen molar-refractivity contribution in [3.05, 3.63) is 59.7 Å². The summed E-state index contributed by atoms with van der Waals surface area (Å²) in [6.07, 6.45) is 0. The molecule has 0 saturated heterocycles. The second-order valence-corrected chi connectivity index (χ2v) is 5.69. The largest absolute Gasteiger partial charge is 0.496 e. The van der Waals surface area contributed by atoms with E-state index in [9.17, 15) is 19.2 Å². The average Bonchev–Trinajstić information content (AvgIpc) is 2.70. The first-order valence-electron chi connectivity index (χ1n) is 8.39. The zero-order valence-electron chi connectivity index (χ0n) is 15.5. The molecule has 2 amide bonds. The molecule has 0 unspecified atom stereocenters. The fourth-order valence-electron chi connectivity index (χ4n) is 2.36. The summed E-state index contributed by atoms with van der Waals surface area (Å²) in [6, 6.07) is 13.1. The van der Waals surface area contributed by atoms with Crippen molar-refractivity contribution in [1.82, 2.24) is 5.32 Å². The van der Waals surface area contributed by atoms with Crippen molar-refractivity contribution in [2.45, 2.75) is 6.92 Å². The summed E-state index contributed by atoms with van der Waals surface area (Å²) in [7, 11) is 1.43. The van der Waals surface area contributed by atoms with Crippen molar-refractivity contribution in [3.8, 4) is 5.75 Å². The van der Waals surface area contributed by atoms with Crippen molar-refractivity contribution in [1.29, 1.82) is 0 Å². The van der Waals surface area contributed by atoms with Gasteiger partial charge < -0.3 is 20.1 Å². The molecular formula is C20H20N2O6. The number of nitrogens with one attached hydrogen (secondary N) is 2. The third kappa shape index (κ3) is 5.66. The summed E-state index contributed by atoms with van der Waals surface area (Å²) in [6.45, 7) is 0.430. The number of ketones is 1. The summed E-state index contributed by atoms with van der Waals surface area (Å²) in [5, 5.41) is 4.91. The minimum Gasteiger partial charge on any atom is -0.496 e. The van der Waals surface area contributed by atoms with Crippen LogP contribution in [0.5, 0.6) is 5.75 Å². The van der Waals surface area contributed by atoms with Gasteiger partial charge in [0.1, 0.15) is 12.3 Å². The number of anilines is 1. The Kier molecular flexibility index (Phi) is 7.27. The second-order valence-electron chi connectivity index (χ2n) is 5.69. The highest BCUT2D eigenvalue weighted by Crippen LogP contribution is 2.17. The van der Waals surface area contributed by atoms with Gasteiger partial charge in [0, 0.05) is 5.56 Å². The number of carbonyl (C=O) groups is 4. The molecule has 0 spiro atoms. The van der Waals surface area contributed by atoms with Crippen LogP contribution in [0.4, 0.5) is 5.69 Å². The number of ether oxygens (including phenoxy) is 2. The van der Waals surface area contributed by atoms with E-state index in [4.69, 9.17) is 9.47 Å². The zero-order valence-corrected chi connectivity index (χ0v) is 15.5. The Balaban J connectivity index is 1.82. The summed E-state index contributed by atoms with van der Waals surface area (Å²) < 4.78 is 9.92. The van der Waals surface area contributed by atoms with E-state index < -0.39 is 30.9 Å². The molecule has 8 heteroatoms. The standard InChI is InChI=1S/C20H20N2O6/c1-13(23)14-7-3-5-9-16(14)22-18(24)12-28-19(25)11-21-20(26)15-8-4-6-10-17(15)27-2/h3-10H,11-12H2,1-2H3,(H,21,26)(H,22,24). The number of Topliss-reactive ketones (excluding diaryl/α,β-unsaturated/α-hetero) is 1. The normalized spacial score (nSPS) is 9.93. The van der Waals surface area contributed by atoms with E-state index in [1.54, 1.807) is 48.5 Å². The molecule has 2 rings (SSSR count). The van der Waals surface area contributed by atoms with Gasteiger partial charge in [0.25, 0.3) is 11.8 Å². The maximum absolute atomic E-state index is 12.1. The summed E-state index contributed by atoms with van der Waals surface area (Å²) in [5.41, 5.74) is 0.961. The molecule has 0 saturated carbocycles. The quantitative estimate of drug-likeness (QED) is 0.530. The third-order valence-electron chi connectivity index (χ3n) is 3.69. The van der Waals surface area contributed by atoms with Crippen LogP contribution < -0.4 is 15.4 Å². The van der Waals surface area contributed by atoms with Crippen LogP contribution in [0.2, 0.25) is 0 Å². The SMILES string of the molecule is COc1ccccc1C(=O)NCC(=O)OCC(=O)Nc1ccccc1C(C)=O. The molecule has 2 aromatic carbocycles. The Morgan fingerprint density at radius 3 is 2.25 bits per heavy atom. The van der Waals surface area contributed by atoms with E-state index >= 15 is 0 Å². The van der Waals surface area contributed by atoms with Crippen LogP contribution in [0.1, 0.15) is 27.6 Å². The first-order valence-corrected chi connectivity index (χ1v) is 8.39. The highest BCUT2D eigenvalue weighted by Gasteiger charge is 2.15. The number of amides is 2. The van der Waals surface area contributed by atoms with Gasteiger partial charge in [-0.3, -0.25) is 19.2 Å². The van der Waals surface area contributed by atoms with Crippen molar-refractivity contribution in [2.24, 2.45) is 0 Å². The van der Waals surface area contributed by atoms with Crippen molar-refractivity contribution >= 4 is 29.3 Å². The molecule has 2 N–H and O–H groups in total. The Morgan fingerprint density at radius 2 is 1.57 bits per heavy atom. The molecule has 0 heterocycles. The number of rotatable bonds is 8. The maximum Gasteiger partial charge on any atom is 0.325 e. The Hall–Kier alpha value is -3.68. The Labute approximate surface area is 161 Å². The van der Waals surface area contributed by atoms with Crippen LogP contribution in [0.25, 0.3) is 0 Å². The number of methoxy groups -OCH3 is 1. The van der Waals surface area contributed by atoms with Gasteiger partial charge in [0.15, 0.2) is 12.4 Å². The van der Waals surface area contributed by atoms with Crippen LogP contribution >= 0.6 is 0 Å². The van der Waals surface area contributed by atoms with Gasteiger partial charge in [0.2, 0.25) is 0 Å². The van der Waals surface area contributed by atoms with Gasteiger partial charge in [-0.05, 0) is 31.2 Å². The molecular weight excluding hydrogens is 364 g/mol. The highest BCUT2D eigenvalue weighted by molar-refractivity contribution is 6.04. The third-order valence-corrected chi connectivity index (χ3v) is 3.69. The van der Waals surface area contributed by atoms with E-state index in [-0.39, 0.29) is 11.3 Å². The highest BCUT2D eigenvalue weighted by atomic mass is 16.5. The van der Waals surface area contributed by atoms with E-state index in [1.165, 1.54) is 14.0 Å². The number of hydrogen-bond donors (Lipinski definition) is 2. The fourth-order valence-corrected chi connectivity index (χ4v) is 2.36. The molecule has 0 aliphatic rings. The predicted octanol–water partition coefficient (Wildman–Crippen LogP) is 1.81. The second kappa shape index (κ2) is 9.86. The van der Waals surface area contributed by atoms with Crippen molar-refractivity contribution < 1.29 is 28.7 Å². The Bertz CT molecular complexity index is 894. The lowest BCUT2D eigenvalue weighted by Gasteiger charge is -2.10. The van der Waals surface area contributed by atoms with Crippen LogP contribution in [-0.4, -0.2) is 43.8 Å². The van der Waals surface area contributed by atoms with Crippen LogP contribution in [0, 0.1) is 0 Å². The van der Waals surface area contributed by atoms with E-state index in [2.05, 4.69) is 10.6 Å². The van der Waals surface area contributed by atoms with E-state index in [1.807, 2.05) is 0 Å². The maximum atomic E-state index is 12.1. The Morgan fingerprint density at radius 1 is 0.929 bits per heavy atom. The monoisotopic (exact) mass is 384 g/mol. The molecule has 2 aromatic rings. The van der Waals surface area contributed by atoms with Crippen LogP contribution in [0.3, 0.4) is 0 Å². The molecule has 0 aromatic heterocycles. The van der Waals surface area contributed by atoms with E-state index in [0.29, 0.717) is 17.0 Å². The minimum absolute atomic E-state index is 0.202. The minimum atomic E-state index is -0.779. The molecule has 0 fully saturated rings. The smallest absolute Gasteiger partial charge is 0.325 e. The number of benzene rings is 2. The number of para-hydroxylation sites is 2. The molecule has 0 bridgehead atoms. The lowest BCUT2D eigenvalue weighted by molar-refractivity contribution is -0.146. The summed E-state index contributed by atoms with van der Waals surface area (Å²) in [5.74, 6) is -1.71. The molecule has 0 atom stereocenters. The first kappa shape index (κ1) is 20.6. The molecule has 146 valence electrons. The summed E-state index contributed by atoms with van der Waals surface area (Å²) >= 11 is 0. The van der Waals surface area contributed by atoms with Gasteiger partial charge >= 0.3 is 5.97 Å². The van der Waals surface area contributed by atoms with Gasteiger partial charge in [-0.2, -0.15) is 0 Å².